The van der Waals surface area contributed by atoms with E-state index >= 15 is 0 Å². The lowest BCUT2D eigenvalue weighted by atomic mass is 10.1. The zero-order valence-electron chi connectivity index (χ0n) is 14.1. The van der Waals surface area contributed by atoms with Crippen molar-refractivity contribution in [1.29, 1.82) is 0 Å². The lowest BCUT2D eigenvalue weighted by Crippen LogP contribution is -2.29. The second-order valence-corrected chi connectivity index (χ2v) is 5.79. The second kappa shape index (κ2) is 8.77. The molecule has 0 atom stereocenters. The predicted molar refractivity (Wildman–Crippen MR) is 91.6 cm³/mol. The zero-order chi connectivity index (χ0) is 20.0. The first-order valence-corrected chi connectivity index (χ1v) is 8.02. The maximum absolute atomic E-state index is 12.9. The van der Waals surface area contributed by atoms with Gasteiger partial charge in [-0.25, -0.2) is 4.79 Å². The maximum Gasteiger partial charge on any atom is 0.416 e. The number of amides is 1. The Balaban J connectivity index is 1.93. The number of benzene rings is 2. The molecule has 0 saturated heterocycles. The standard InChI is InChI=1S/C18H15ClF3NO4/c1-26-15-8-12(19)6-7-13(15)17(25)27-10-16(24)23-9-11-4-2-3-5-14(11)18(20,21)22/h2-8H,9-10H2,1H3,(H,23,24). The summed E-state index contributed by atoms with van der Waals surface area (Å²) in [6.07, 6.45) is -4.53. The van der Waals surface area contributed by atoms with Crippen LogP contribution in [0.5, 0.6) is 5.75 Å². The predicted octanol–water partition coefficient (Wildman–Crippen LogP) is 3.84. The van der Waals surface area contributed by atoms with E-state index in [-0.39, 0.29) is 23.4 Å². The highest BCUT2D eigenvalue weighted by Crippen LogP contribution is 2.31. The van der Waals surface area contributed by atoms with Crippen LogP contribution in [0.3, 0.4) is 0 Å². The number of rotatable bonds is 6. The molecule has 0 radical (unpaired) electrons. The van der Waals surface area contributed by atoms with Crippen molar-refractivity contribution in [2.24, 2.45) is 0 Å². The van der Waals surface area contributed by atoms with E-state index < -0.39 is 30.2 Å². The Kier molecular flexibility index (Phi) is 6.68. The van der Waals surface area contributed by atoms with E-state index in [4.69, 9.17) is 21.1 Å². The average Bonchev–Trinajstić information content (AvgIpc) is 2.63. The van der Waals surface area contributed by atoms with Gasteiger partial charge in [0.15, 0.2) is 6.61 Å². The van der Waals surface area contributed by atoms with Crippen LogP contribution in [0.25, 0.3) is 0 Å². The van der Waals surface area contributed by atoms with Crippen LogP contribution in [-0.4, -0.2) is 25.6 Å². The van der Waals surface area contributed by atoms with Crippen molar-refractivity contribution >= 4 is 23.5 Å². The maximum atomic E-state index is 12.9. The average molecular weight is 402 g/mol. The van der Waals surface area contributed by atoms with Gasteiger partial charge < -0.3 is 14.8 Å². The third kappa shape index (κ3) is 5.62. The Hall–Kier alpha value is -2.74. The SMILES string of the molecule is COc1cc(Cl)ccc1C(=O)OCC(=O)NCc1ccccc1C(F)(F)F. The first-order valence-electron chi connectivity index (χ1n) is 7.65. The summed E-state index contributed by atoms with van der Waals surface area (Å²) >= 11 is 5.80. The van der Waals surface area contributed by atoms with Crippen molar-refractivity contribution in [3.63, 3.8) is 0 Å². The quantitative estimate of drug-likeness (QED) is 0.747. The number of halogens is 4. The Labute approximate surface area is 158 Å². The van der Waals surface area contributed by atoms with Crippen LogP contribution in [0.2, 0.25) is 5.02 Å². The van der Waals surface area contributed by atoms with Gasteiger partial charge in [0.25, 0.3) is 5.91 Å². The van der Waals surface area contributed by atoms with E-state index in [2.05, 4.69) is 5.32 Å². The van der Waals surface area contributed by atoms with Crippen LogP contribution < -0.4 is 10.1 Å². The number of carbonyl (C=O) groups excluding carboxylic acids is 2. The first kappa shape index (κ1) is 20.6. The molecule has 2 rings (SSSR count). The molecule has 5 nitrogen and oxygen atoms in total. The molecule has 0 aliphatic rings. The van der Waals surface area contributed by atoms with Crippen molar-refractivity contribution in [3.8, 4) is 5.75 Å². The van der Waals surface area contributed by atoms with E-state index in [1.54, 1.807) is 0 Å². The van der Waals surface area contributed by atoms with E-state index in [0.29, 0.717) is 5.02 Å². The van der Waals surface area contributed by atoms with Gasteiger partial charge >= 0.3 is 12.1 Å². The first-order chi connectivity index (χ1) is 12.7. The minimum absolute atomic E-state index is 0.0668. The molecule has 1 amide bonds. The van der Waals surface area contributed by atoms with Gasteiger partial charge in [0, 0.05) is 11.6 Å². The molecular formula is C18H15ClF3NO4. The summed E-state index contributed by atoms with van der Waals surface area (Å²) in [4.78, 5) is 23.8. The molecule has 0 bridgehead atoms. The molecule has 0 unspecified atom stereocenters. The fraction of sp³-hybridized carbons (Fsp3) is 0.222. The van der Waals surface area contributed by atoms with Crippen LogP contribution in [0.15, 0.2) is 42.5 Å². The highest BCUT2D eigenvalue weighted by atomic mass is 35.5. The molecule has 0 spiro atoms. The van der Waals surface area contributed by atoms with Crippen LogP contribution in [0.4, 0.5) is 13.2 Å². The van der Waals surface area contributed by atoms with Gasteiger partial charge in [-0.2, -0.15) is 13.2 Å². The minimum atomic E-state index is -4.53. The summed E-state index contributed by atoms with van der Waals surface area (Å²) in [5, 5.41) is 2.64. The van der Waals surface area contributed by atoms with Gasteiger partial charge in [0.05, 0.1) is 12.7 Å². The van der Waals surface area contributed by atoms with Crippen molar-refractivity contribution in [3.05, 3.63) is 64.2 Å². The summed E-state index contributed by atoms with van der Waals surface area (Å²) in [5.74, 6) is -1.39. The molecule has 0 aliphatic carbocycles. The number of nitrogens with one attached hydrogen (secondary N) is 1. The number of ether oxygens (including phenoxy) is 2. The largest absolute Gasteiger partial charge is 0.496 e. The van der Waals surface area contributed by atoms with Gasteiger partial charge in [-0.1, -0.05) is 29.8 Å². The van der Waals surface area contributed by atoms with Crippen LogP contribution in [-0.2, 0) is 22.3 Å². The molecular weight excluding hydrogens is 387 g/mol. The smallest absolute Gasteiger partial charge is 0.416 e. The van der Waals surface area contributed by atoms with Crippen molar-refractivity contribution in [2.75, 3.05) is 13.7 Å². The van der Waals surface area contributed by atoms with Gasteiger partial charge in [-0.15, -0.1) is 0 Å². The number of alkyl halides is 3. The molecule has 2 aromatic rings. The normalized spacial score (nSPS) is 11.0. The molecule has 0 saturated carbocycles. The monoisotopic (exact) mass is 401 g/mol. The fourth-order valence-corrected chi connectivity index (χ4v) is 2.40. The Bertz CT molecular complexity index is 840. The number of hydrogen-bond donors (Lipinski definition) is 1. The molecule has 0 heterocycles. The molecule has 1 N–H and O–H groups in total. The third-order valence-electron chi connectivity index (χ3n) is 3.52. The molecule has 2 aromatic carbocycles. The number of esters is 1. The van der Waals surface area contributed by atoms with E-state index in [0.717, 1.165) is 6.07 Å². The summed E-state index contributed by atoms with van der Waals surface area (Å²) < 4.78 is 48.6. The highest BCUT2D eigenvalue weighted by molar-refractivity contribution is 6.30. The third-order valence-corrected chi connectivity index (χ3v) is 3.75. The fourth-order valence-electron chi connectivity index (χ4n) is 2.24. The molecule has 0 aliphatic heterocycles. The van der Waals surface area contributed by atoms with Crippen LogP contribution in [0.1, 0.15) is 21.5 Å². The zero-order valence-corrected chi connectivity index (χ0v) is 14.9. The summed E-state index contributed by atoms with van der Waals surface area (Å²) in [5.41, 5.74) is -0.866. The van der Waals surface area contributed by atoms with Gasteiger partial charge in [0.2, 0.25) is 0 Å². The van der Waals surface area contributed by atoms with Gasteiger partial charge in [-0.05, 0) is 29.8 Å². The van der Waals surface area contributed by atoms with Gasteiger partial charge in [-0.3, -0.25) is 4.79 Å². The van der Waals surface area contributed by atoms with Crippen molar-refractivity contribution in [2.45, 2.75) is 12.7 Å². The van der Waals surface area contributed by atoms with Crippen molar-refractivity contribution in [1.82, 2.24) is 5.32 Å². The number of carbonyl (C=O) groups is 2. The second-order valence-electron chi connectivity index (χ2n) is 5.35. The molecule has 27 heavy (non-hydrogen) atoms. The van der Waals surface area contributed by atoms with E-state index in [9.17, 15) is 22.8 Å². The lowest BCUT2D eigenvalue weighted by molar-refractivity contribution is -0.138. The van der Waals surface area contributed by atoms with Gasteiger partial charge in [0.1, 0.15) is 11.3 Å². The summed E-state index contributed by atoms with van der Waals surface area (Å²) in [7, 11) is 1.34. The van der Waals surface area contributed by atoms with Crippen molar-refractivity contribution < 1.29 is 32.2 Å². The molecule has 9 heteroatoms. The van der Waals surface area contributed by atoms with E-state index in [1.807, 2.05) is 0 Å². The van der Waals surface area contributed by atoms with Crippen LogP contribution >= 0.6 is 11.6 Å². The topological polar surface area (TPSA) is 64.6 Å². The van der Waals surface area contributed by atoms with E-state index in [1.165, 1.54) is 43.5 Å². The lowest BCUT2D eigenvalue weighted by Gasteiger charge is -2.13. The Morgan fingerprint density at radius 1 is 1.15 bits per heavy atom. The Morgan fingerprint density at radius 2 is 1.85 bits per heavy atom. The molecule has 144 valence electrons. The molecule has 0 fully saturated rings. The highest BCUT2D eigenvalue weighted by Gasteiger charge is 2.32. The number of hydrogen-bond acceptors (Lipinski definition) is 4. The summed E-state index contributed by atoms with van der Waals surface area (Å²) in [6, 6.07) is 9.11. The summed E-state index contributed by atoms with van der Waals surface area (Å²) in [6.45, 7) is -1.00. The van der Waals surface area contributed by atoms with Crippen LogP contribution in [0, 0.1) is 0 Å². The minimum Gasteiger partial charge on any atom is -0.496 e. The molecule has 0 aromatic heterocycles. The Morgan fingerprint density at radius 3 is 2.52 bits per heavy atom. The number of methoxy groups -OCH3 is 1.